The Morgan fingerprint density at radius 3 is 2.86 bits per heavy atom. The summed E-state index contributed by atoms with van der Waals surface area (Å²) in [5, 5.41) is 3.47. The van der Waals surface area contributed by atoms with E-state index >= 15 is 0 Å². The minimum Gasteiger partial charge on any atom is -0.375 e. The molecule has 0 radical (unpaired) electrons. The fourth-order valence-electron chi connectivity index (χ4n) is 4.20. The number of rotatable bonds is 6. The summed E-state index contributed by atoms with van der Waals surface area (Å²) in [5.74, 6) is 3.63. The second kappa shape index (κ2) is 10.1. The van der Waals surface area contributed by atoms with Crippen molar-refractivity contribution in [3.8, 4) is 0 Å². The summed E-state index contributed by atoms with van der Waals surface area (Å²) in [7, 11) is 0. The van der Waals surface area contributed by atoms with Crippen LogP contribution >= 0.6 is 0 Å². The smallest absolute Gasteiger partial charge is 0.194 e. The largest absolute Gasteiger partial charge is 0.375 e. The minimum absolute atomic E-state index is 0.266. The van der Waals surface area contributed by atoms with Gasteiger partial charge in [-0.15, -0.1) is 0 Å². The highest BCUT2D eigenvalue weighted by Gasteiger charge is 2.25. The van der Waals surface area contributed by atoms with E-state index in [9.17, 15) is 0 Å². The first kappa shape index (κ1) is 20.9. The standard InChI is InChI=1S/C22H37N5O/c1-5-23-22(27-9-8-19(16-27)12-17(2)3)25-14-20-6-7-21(24-13-20)26-10-11-28-18(4)15-26/h6-7,13,17-19H,5,8-12,14-16H2,1-4H3,(H,23,25). The number of guanidine groups is 1. The molecule has 2 fully saturated rings. The molecule has 28 heavy (non-hydrogen) atoms. The van der Waals surface area contributed by atoms with Gasteiger partial charge in [0.2, 0.25) is 0 Å². The number of aromatic nitrogens is 1. The number of anilines is 1. The molecule has 0 aliphatic carbocycles. The Labute approximate surface area is 170 Å². The van der Waals surface area contributed by atoms with Crippen molar-refractivity contribution in [3.05, 3.63) is 23.9 Å². The molecule has 156 valence electrons. The van der Waals surface area contributed by atoms with Crippen LogP contribution in [0.1, 0.15) is 46.1 Å². The summed E-state index contributed by atoms with van der Waals surface area (Å²) >= 11 is 0. The van der Waals surface area contributed by atoms with E-state index in [-0.39, 0.29) is 6.10 Å². The molecule has 2 aliphatic heterocycles. The number of hydrogen-bond donors (Lipinski definition) is 1. The molecule has 0 aromatic carbocycles. The maximum absolute atomic E-state index is 5.62. The average molecular weight is 388 g/mol. The van der Waals surface area contributed by atoms with E-state index in [2.05, 4.69) is 59.9 Å². The molecule has 0 amide bonds. The lowest BCUT2D eigenvalue weighted by molar-refractivity contribution is 0.0529. The number of pyridine rings is 1. The van der Waals surface area contributed by atoms with Crippen molar-refractivity contribution in [3.63, 3.8) is 0 Å². The predicted octanol–water partition coefficient (Wildman–Crippen LogP) is 3.14. The first-order chi connectivity index (χ1) is 13.5. The summed E-state index contributed by atoms with van der Waals surface area (Å²) < 4.78 is 5.62. The van der Waals surface area contributed by atoms with Gasteiger partial charge in [0.25, 0.3) is 0 Å². The predicted molar refractivity (Wildman–Crippen MR) is 116 cm³/mol. The van der Waals surface area contributed by atoms with Gasteiger partial charge in [-0.3, -0.25) is 0 Å². The number of nitrogens with zero attached hydrogens (tertiary/aromatic N) is 4. The van der Waals surface area contributed by atoms with Crippen molar-refractivity contribution in [2.24, 2.45) is 16.8 Å². The molecular weight excluding hydrogens is 350 g/mol. The topological polar surface area (TPSA) is 53.0 Å². The Hall–Kier alpha value is -1.82. The highest BCUT2D eigenvalue weighted by Crippen LogP contribution is 2.23. The van der Waals surface area contributed by atoms with Crippen LogP contribution in [0.15, 0.2) is 23.3 Å². The number of ether oxygens (including phenoxy) is 1. The molecule has 1 N–H and O–H groups in total. The second-order valence-corrected chi connectivity index (χ2v) is 8.55. The van der Waals surface area contributed by atoms with E-state index in [1.165, 1.54) is 12.8 Å². The van der Waals surface area contributed by atoms with Crippen LogP contribution in [0.25, 0.3) is 0 Å². The number of morpholine rings is 1. The zero-order chi connectivity index (χ0) is 19.9. The first-order valence-electron chi connectivity index (χ1n) is 10.9. The first-order valence-corrected chi connectivity index (χ1v) is 10.9. The van der Waals surface area contributed by atoms with Gasteiger partial charge >= 0.3 is 0 Å². The SMILES string of the molecule is CCNC(=NCc1ccc(N2CCOC(C)C2)nc1)N1CCC(CC(C)C)C1. The van der Waals surface area contributed by atoms with Gasteiger partial charge in [0.15, 0.2) is 5.96 Å². The molecule has 0 saturated carbocycles. The van der Waals surface area contributed by atoms with Crippen LogP contribution in [0.4, 0.5) is 5.82 Å². The molecular formula is C22H37N5O. The molecule has 6 nitrogen and oxygen atoms in total. The summed E-state index contributed by atoms with van der Waals surface area (Å²) in [4.78, 5) is 14.3. The number of aliphatic imine (C=N–C) groups is 1. The Morgan fingerprint density at radius 2 is 2.18 bits per heavy atom. The van der Waals surface area contributed by atoms with Crippen molar-refractivity contribution < 1.29 is 4.74 Å². The van der Waals surface area contributed by atoms with Crippen molar-refractivity contribution in [2.45, 2.75) is 53.2 Å². The third-order valence-electron chi connectivity index (χ3n) is 5.51. The molecule has 0 bridgehead atoms. The number of likely N-dealkylation sites (tertiary alicyclic amines) is 1. The third kappa shape index (κ3) is 5.84. The molecule has 2 atom stereocenters. The zero-order valence-electron chi connectivity index (χ0n) is 18.0. The van der Waals surface area contributed by atoms with Gasteiger partial charge in [0, 0.05) is 38.9 Å². The number of nitrogens with one attached hydrogen (secondary N) is 1. The lowest BCUT2D eigenvalue weighted by atomic mass is 9.97. The van der Waals surface area contributed by atoms with Gasteiger partial charge in [-0.2, -0.15) is 0 Å². The third-order valence-corrected chi connectivity index (χ3v) is 5.51. The van der Waals surface area contributed by atoms with Gasteiger partial charge in [-0.05, 0) is 50.2 Å². The van der Waals surface area contributed by atoms with Gasteiger partial charge in [0.05, 0.1) is 19.3 Å². The second-order valence-electron chi connectivity index (χ2n) is 8.55. The van der Waals surface area contributed by atoms with Gasteiger partial charge in [-0.1, -0.05) is 19.9 Å². The monoisotopic (exact) mass is 387 g/mol. The Kier molecular flexibility index (Phi) is 7.54. The van der Waals surface area contributed by atoms with Crippen LogP contribution in [0.3, 0.4) is 0 Å². The molecule has 2 saturated heterocycles. The van der Waals surface area contributed by atoms with E-state index < -0.39 is 0 Å². The van der Waals surface area contributed by atoms with E-state index in [4.69, 9.17) is 9.73 Å². The van der Waals surface area contributed by atoms with E-state index in [1.54, 1.807) is 0 Å². The van der Waals surface area contributed by atoms with Gasteiger partial charge in [0.1, 0.15) is 5.82 Å². The summed E-state index contributed by atoms with van der Waals surface area (Å²) in [5.41, 5.74) is 1.15. The zero-order valence-corrected chi connectivity index (χ0v) is 18.0. The van der Waals surface area contributed by atoms with Crippen LogP contribution in [-0.2, 0) is 11.3 Å². The van der Waals surface area contributed by atoms with Crippen LogP contribution in [0, 0.1) is 11.8 Å². The average Bonchev–Trinajstić information content (AvgIpc) is 3.13. The van der Waals surface area contributed by atoms with Crippen molar-refractivity contribution in [1.82, 2.24) is 15.2 Å². The fraction of sp³-hybridized carbons (Fsp3) is 0.727. The maximum Gasteiger partial charge on any atom is 0.194 e. The Morgan fingerprint density at radius 1 is 1.32 bits per heavy atom. The van der Waals surface area contributed by atoms with Crippen LogP contribution < -0.4 is 10.2 Å². The fourth-order valence-corrected chi connectivity index (χ4v) is 4.20. The molecule has 1 aromatic rings. The van der Waals surface area contributed by atoms with Crippen molar-refractivity contribution in [2.75, 3.05) is 44.2 Å². The number of hydrogen-bond acceptors (Lipinski definition) is 4. The summed E-state index contributed by atoms with van der Waals surface area (Å²) in [6.07, 6.45) is 4.81. The Balaban J connectivity index is 1.58. The lowest BCUT2D eigenvalue weighted by Crippen LogP contribution is -2.41. The highest BCUT2D eigenvalue weighted by molar-refractivity contribution is 5.80. The minimum atomic E-state index is 0.266. The summed E-state index contributed by atoms with van der Waals surface area (Å²) in [6, 6.07) is 4.27. The molecule has 3 rings (SSSR count). The molecule has 3 heterocycles. The van der Waals surface area contributed by atoms with E-state index in [0.29, 0.717) is 6.54 Å². The van der Waals surface area contributed by atoms with Crippen LogP contribution in [0.2, 0.25) is 0 Å². The summed E-state index contributed by atoms with van der Waals surface area (Å²) in [6.45, 7) is 15.3. The van der Waals surface area contributed by atoms with E-state index in [0.717, 1.165) is 68.5 Å². The maximum atomic E-state index is 5.62. The highest BCUT2D eigenvalue weighted by atomic mass is 16.5. The molecule has 1 aromatic heterocycles. The van der Waals surface area contributed by atoms with Crippen LogP contribution in [-0.4, -0.2) is 61.3 Å². The van der Waals surface area contributed by atoms with Crippen molar-refractivity contribution >= 4 is 11.8 Å². The van der Waals surface area contributed by atoms with Gasteiger partial charge < -0.3 is 19.9 Å². The van der Waals surface area contributed by atoms with Gasteiger partial charge in [-0.25, -0.2) is 9.98 Å². The quantitative estimate of drug-likeness (QED) is 0.600. The normalized spacial score (nSPS) is 23.5. The molecule has 0 spiro atoms. The Bertz CT molecular complexity index is 630. The molecule has 2 aliphatic rings. The molecule has 2 unspecified atom stereocenters. The molecule has 6 heteroatoms. The van der Waals surface area contributed by atoms with E-state index in [1.807, 2.05) is 6.20 Å². The van der Waals surface area contributed by atoms with Crippen molar-refractivity contribution in [1.29, 1.82) is 0 Å². The van der Waals surface area contributed by atoms with Crippen LogP contribution in [0.5, 0.6) is 0 Å². The lowest BCUT2D eigenvalue weighted by Gasteiger charge is -2.32.